The van der Waals surface area contributed by atoms with Crippen molar-refractivity contribution in [3.63, 3.8) is 0 Å². The molecule has 0 atom stereocenters. The first-order valence-electron chi connectivity index (χ1n) is 12.8. The van der Waals surface area contributed by atoms with Gasteiger partial charge in [0.25, 0.3) is 0 Å². The number of aromatic hydroxyl groups is 1. The van der Waals surface area contributed by atoms with E-state index in [0.29, 0.717) is 17.5 Å². The SMILES string of the molecule is CCCCCCCOc1ccc2c(c1)CCc1c(C#N)c(C#N)c3c(c1-2)-c1ccc(O)cc1CC3. The largest absolute Gasteiger partial charge is 0.508 e. The van der Waals surface area contributed by atoms with E-state index in [9.17, 15) is 15.6 Å². The zero-order valence-electron chi connectivity index (χ0n) is 20.3. The molecule has 0 saturated carbocycles. The van der Waals surface area contributed by atoms with Gasteiger partial charge in [0.05, 0.1) is 17.7 Å². The van der Waals surface area contributed by atoms with Crippen LogP contribution in [-0.4, -0.2) is 11.7 Å². The Morgan fingerprint density at radius 2 is 1.37 bits per heavy atom. The summed E-state index contributed by atoms with van der Waals surface area (Å²) in [6.07, 6.45) is 9.02. The van der Waals surface area contributed by atoms with Crippen LogP contribution in [0.15, 0.2) is 36.4 Å². The standard InChI is InChI=1S/C31H30N2O2/c1-2-3-4-5-6-15-35-23-10-14-25-21(17-23)8-12-27-29(19-33)28(18-32)26-11-7-20-16-22(34)9-13-24(20)30(26)31(25)27/h9-10,13-14,16-17,34H,2-8,11-12,15H2,1H3. The Morgan fingerprint density at radius 1 is 0.771 bits per heavy atom. The Hall–Kier alpha value is -3.76. The van der Waals surface area contributed by atoms with Crippen LogP contribution in [0.3, 0.4) is 0 Å². The van der Waals surface area contributed by atoms with E-state index in [0.717, 1.165) is 77.0 Å². The lowest BCUT2D eigenvalue weighted by Gasteiger charge is -2.31. The first-order chi connectivity index (χ1) is 17.2. The predicted molar refractivity (Wildman–Crippen MR) is 137 cm³/mol. The molecule has 0 saturated heterocycles. The lowest BCUT2D eigenvalue weighted by atomic mass is 9.72. The summed E-state index contributed by atoms with van der Waals surface area (Å²) in [5.41, 5.74) is 9.61. The minimum atomic E-state index is 0.257. The fraction of sp³-hybridized carbons (Fsp3) is 0.355. The maximum absolute atomic E-state index is 10.1. The Bertz CT molecular complexity index is 1370. The van der Waals surface area contributed by atoms with Crippen molar-refractivity contribution in [2.24, 2.45) is 0 Å². The monoisotopic (exact) mass is 462 g/mol. The van der Waals surface area contributed by atoms with E-state index in [1.54, 1.807) is 6.07 Å². The minimum Gasteiger partial charge on any atom is -0.508 e. The Labute approximate surface area is 207 Å². The van der Waals surface area contributed by atoms with Crippen molar-refractivity contribution in [3.8, 4) is 45.9 Å². The number of ether oxygens (including phenoxy) is 1. The molecule has 2 aliphatic rings. The molecule has 0 unspecified atom stereocenters. The Kier molecular flexibility index (Phi) is 6.47. The highest BCUT2D eigenvalue weighted by atomic mass is 16.5. The van der Waals surface area contributed by atoms with Crippen molar-refractivity contribution in [2.75, 3.05) is 6.61 Å². The third-order valence-electron chi connectivity index (χ3n) is 7.44. The molecule has 0 spiro atoms. The molecule has 0 fully saturated rings. The van der Waals surface area contributed by atoms with Crippen LogP contribution in [0, 0.1) is 22.7 Å². The summed E-state index contributed by atoms with van der Waals surface area (Å²) < 4.78 is 6.08. The smallest absolute Gasteiger partial charge is 0.119 e. The second-order valence-electron chi connectivity index (χ2n) is 9.60. The molecule has 0 bridgehead atoms. The summed E-state index contributed by atoms with van der Waals surface area (Å²) in [5.74, 6) is 1.16. The fourth-order valence-electron chi connectivity index (χ4n) is 5.75. The number of nitrogens with zero attached hydrogens (tertiary/aromatic N) is 2. The maximum Gasteiger partial charge on any atom is 0.119 e. The van der Waals surface area contributed by atoms with Crippen LogP contribution in [0.5, 0.6) is 11.5 Å². The second kappa shape index (κ2) is 9.85. The Balaban J connectivity index is 1.58. The van der Waals surface area contributed by atoms with Crippen molar-refractivity contribution in [1.29, 1.82) is 10.5 Å². The minimum absolute atomic E-state index is 0.257. The number of phenols is 1. The highest BCUT2D eigenvalue weighted by Crippen LogP contribution is 2.49. The van der Waals surface area contributed by atoms with Crippen LogP contribution in [0.25, 0.3) is 22.3 Å². The number of benzene rings is 3. The van der Waals surface area contributed by atoms with Gasteiger partial charge in [0, 0.05) is 0 Å². The van der Waals surface area contributed by atoms with Gasteiger partial charge < -0.3 is 9.84 Å². The molecule has 176 valence electrons. The van der Waals surface area contributed by atoms with Crippen molar-refractivity contribution in [2.45, 2.75) is 64.7 Å². The van der Waals surface area contributed by atoms with Crippen molar-refractivity contribution in [1.82, 2.24) is 0 Å². The van der Waals surface area contributed by atoms with E-state index in [-0.39, 0.29) is 5.75 Å². The summed E-state index contributed by atoms with van der Waals surface area (Å²) >= 11 is 0. The lowest BCUT2D eigenvalue weighted by Crippen LogP contribution is -2.15. The van der Waals surface area contributed by atoms with Gasteiger partial charge in [-0.3, -0.25) is 0 Å². The van der Waals surface area contributed by atoms with Crippen LogP contribution in [0.4, 0.5) is 0 Å². The van der Waals surface area contributed by atoms with Gasteiger partial charge in [0.15, 0.2) is 0 Å². The summed E-state index contributed by atoms with van der Waals surface area (Å²) in [7, 11) is 0. The van der Waals surface area contributed by atoms with Crippen LogP contribution in [-0.2, 0) is 25.7 Å². The van der Waals surface area contributed by atoms with E-state index in [1.165, 1.54) is 31.2 Å². The van der Waals surface area contributed by atoms with Crippen LogP contribution >= 0.6 is 0 Å². The summed E-state index contributed by atoms with van der Waals surface area (Å²) in [6.45, 7) is 2.96. The van der Waals surface area contributed by atoms with E-state index < -0.39 is 0 Å². The number of phenolic OH excluding ortho intramolecular Hbond substituents is 1. The average Bonchev–Trinajstić information content (AvgIpc) is 2.88. The number of nitriles is 2. The van der Waals surface area contributed by atoms with Crippen LogP contribution in [0.2, 0.25) is 0 Å². The zero-order valence-corrected chi connectivity index (χ0v) is 20.3. The third-order valence-corrected chi connectivity index (χ3v) is 7.44. The van der Waals surface area contributed by atoms with Gasteiger partial charge in [-0.15, -0.1) is 0 Å². The van der Waals surface area contributed by atoms with Gasteiger partial charge in [0.2, 0.25) is 0 Å². The molecule has 3 aromatic carbocycles. The molecule has 0 heterocycles. The zero-order chi connectivity index (χ0) is 24.4. The molecule has 1 N–H and O–H groups in total. The van der Waals surface area contributed by atoms with E-state index >= 15 is 0 Å². The quantitative estimate of drug-likeness (QED) is 0.383. The summed E-state index contributed by atoms with van der Waals surface area (Å²) in [6, 6.07) is 16.5. The molecular weight excluding hydrogens is 432 g/mol. The molecule has 4 heteroatoms. The van der Waals surface area contributed by atoms with Gasteiger partial charge in [0.1, 0.15) is 23.6 Å². The average molecular weight is 463 g/mol. The molecule has 0 aromatic heterocycles. The molecular formula is C31H30N2O2. The van der Waals surface area contributed by atoms with E-state index in [4.69, 9.17) is 4.74 Å². The third kappa shape index (κ3) is 4.15. The number of hydrogen-bond donors (Lipinski definition) is 1. The first kappa shape index (κ1) is 23.0. The van der Waals surface area contributed by atoms with Gasteiger partial charge in [-0.1, -0.05) is 44.7 Å². The number of aryl methyl sites for hydroxylation is 2. The van der Waals surface area contributed by atoms with E-state index in [1.807, 2.05) is 18.2 Å². The molecule has 0 radical (unpaired) electrons. The normalized spacial score (nSPS) is 13.0. The summed E-state index contributed by atoms with van der Waals surface area (Å²) in [4.78, 5) is 0. The molecule has 2 aliphatic carbocycles. The van der Waals surface area contributed by atoms with Crippen molar-refractivity contribution < 1.29 is 9.84 Å². The summed E-state index contributed by atoms with van der Waals surface area (Å²) in [5, 5.41) is 30.1. The molecule has 35 heavy (non-hydrogen) atoms. The van der Waals surface area contributed by atoms with Crippen LogP contribution < -0.4 is 4.74 Å². The van der Waals surface area contributed by atoms with Gasteiger partial charge in [-0.05, 0) is 101 Å². The van der Waals surface area contributed by atoms with Crippen molar-refractivity contribution in [3.05, 3.63) is 69.8 Å². The number of hydrogen-bond acceptors (Lipinski definition) is 4. The fourth-order valence-corrected chi connectivity index (χ4v) is 5.75. The number of unbranched alkanes of at least 4 members (excludes halogenated alkanes) is 4. The molecule has 0 amide bonds. The number of fused-ring (bicyclic) bond motifs is 7. The molecule has 4 nitrogen and oxygen atoms in total. The van der Waals surface area contributed by atoms with Crippen molar-refractivity contribution >= 4 is 0 Å². The molecule has 3 aromatic rings. The predicted octanol–water partition coefficient (Wildman–Crippen LogP) is 7.02. The Morgan fingerprint density at radius 3 is 2.00 bits per heavy atom. The number of rotatable bonds is 7. The highest BCUT2D eigenvalue weighted by molar-refractivity contribution is 5.95. The van der Waals surface area contributed by atoms with Gasteiger partial charge >= 0.3 is 0 Å². The van der Waals surface area contributed by atoms with Gasteiger partial charge in [-0.25, -0.2) is 0 Å². The lowest BCUT2D eigenvalue weighted by molar-refractivity contribution is 0.304. The van der Waals surface area contributed by atoms with Gasteiger partial charge in [-0.2, -0.15) is 10.5 Å². The molecule has 0 aliphatic heterocycles. The topological polar surface area (TPSA) is 77.0 Å². The maximum atomic E-state index is 10.1. The second-order valence-corrected chi connectivity index (χ2v) is 9.60. The van der Waals surface area contributed by atoms with Crippen LogP contribution in [0.1, 0.15) is 72.4 Å². The highest BCUT2D eigenvalue weighted by Gasteiger charge is 2.31. The molecule has 5 rings (SSSR count). The van der Waals surface area contributed by atoms with E-state index in [2.05, 4.69) is 31.2 Å². The first-order valence-corrected chi connectivity index (χ1v) is 12.8.